The third-order valence-corrected chi connectivity index (χ3v) is 1.64. The van der Waals surface area contributed by atoms with Crippen LogP contribution in [0.4, 0.5) is 0 Å². The van der Waals surface area contributed by atoms with Gasteiger partial charge in [-0.25, -0.2) is 8.98 Å². The predicted molar refractivity (Wildman–Crippen MR) is 42.5 cm³/mol. The van der Waals surface area contributed by atoms with Gasteiger partial charge in [0, 0.05) is 6.42 Å². The van der Waals surface area contributed by atoms with Gasteiger partial charge in [-0.1, -0.05) is 0 Å². The maximum absolute atomic E-state index is 10.3. The molecule has 4 N–H and O–H groups in total. The van der Waals surface area contributed by atoms with Crippen molar-refractivity contribution in [2.24, 2.45) is 5.73 Å². The fraction of sp³-hybridized carbons (Fsp3) is 0.600. The number of carboxylic acids is 1. The summed E-state index contributed by atoms with van der Waals surface area (Å²) in [6.07, 6.45) is -2.59. The molecule has 8 nitrogen and oxygen atoms in total. The smallest absolute Gasteiger partial charge is 0.398 e. The first-order valence-corrected chi connectivity index (χ1v) is 4.75. The third kappa shape index (κ3) is 6.34. The minimum Gasteiger partial charge on any atom is -0.479 e. The maximum Gasteiger partial charge on any atom is 0.398 e. The molecule has 0 heterocycles. The second-order valence-corrected chi connectivity index (χ2v) is 3.40. The van der Waals surface area contributed by atoms with Gasteiger partial charge in [-0.2, -0.15) is 8.42 Å². The highest BCUT2D eigenvalue weighted by Gasteiger charge is 2.24. The number of hydrogen-bond acceptors (Lipinski definition) is 5. The van der Waals surface area contributed by atoms with Crippen molar-refractivity contribution in [2.45, 2.75) is 18.9 Å². The van der Waals surface area contributed by atoms with Gasteiger partial charge in [0.05, 0.1) is 0 Å². The van der Waals surface area contributed by atoms with E-state index >= 15 is 0 Å². The zero-order valence-electron chi connectivity index (χ0n) is 6.91. The Labute approximate surface area is 79.6 Å². The molecule has 0 unspecified atom stereocenters. The molecule has 0 aliphatic heterocycles. The van der Waals surface area contributed by atoms with E-state index in [0.717, 1.165) is 0 Å². The van der Waals surface area contributed by atoms with Gasteiger partial charge in [0.15, 0.2) is 6.10 Å². The first kappa shape index (κ1) is 12.8. The third-order valence-electron chi connectivity index (χ3n) is 1.17. The summed E-state index contributed by atoms with van der Waals surface area (Å²) in [6, 6.07) is 0. The second kappa shape index (κ2) is 4.88. The van der Waals surface area contributed by atoms with Gasteiger partial charge in [0.25, 0.3) is 0 Å². The number of nitrogens with two attached hydrogens (primary N) is 1. The van der Waals surface area contributed by atoms with E-state index in [4.69, 9.17) is 15.4 Å². The number of carboxylic acid groups (broad SMARTS) is 1. The molecule has 1 atom stereocenters. The minimum absolute atomic E-state index is 0.355. The molecule has 0 bridgehead atoms. The summed E-state index contributed by atoms with van der Waals surface area (Å²) in [5.74, 6) is -2.40. The molecule has 0 saturated carbocycles. The number of primary amides is 1. The van der Waals surface area contributed by atoms with Crippen molar-refractivity contribution >= 4 is 22.3 Å². The summed E-state index contributed by atoms with van der Waals surface area (Å²) < 4.78 is 32.2. The van der Waals surface area contributed by atoms with Gasteiger partial charge >= 0.3 is 16.4 Å². The van der Waals surface area contributed by atoms with E-state index in [1.807, 2.05) is 0 Å². The van der Waals surface area contributed by atoms with Gasteiger partial charge in [0.1, 0.15) is 0 Å². The highest BCUT2D eigenvalue weighted by molar-refractivity contribution is 7.80. The molecule has 0 aliphatic carbocycles. The Morgan fingerprint density at radius 3 is 2.21 bits per heavy atom. The maximum atomic E-state index is 10.3. The lowest BCUT2D eigenvalue weighted by molar-refractivity contribution is -0.145. The molecule has 0 aromatic carbocycles. The lowest BCUT2D eigenvalue weighted by Crippen LogP contribution is -2.28. The normalized spacial score (nSPS) is 13.5. The fourth-order valence-electron chi connectivity index (χ4n) is 0.633. The molecule has 1 amide bonds. The average Bonchev–Trinajstić information content (AvgIpc) is 1.94. The van der Waals surface area contributed by atoms with E-state index in [2.05, 4.69) is 4.18 Å². The Morgan fingerprint density at radius 1 is 1.43 bits per heavy atom. The Balaban J connectivity index is 4.32. The van der Waals surface area contributed by atoms with Crippen LogP contribution in [0.2, 0.25) is 0 Å². The molecule has 9 heteroatoms. The number of aliphatic carboxylic acids is 1. The van der Waals surface area contributed by atoms with Crippen LogP contribution < -0.4 is 5.73 Å². The summed E-state index contributed by atoms with van der Waals surface area (Å²) in [4.78, 5) is 20.6. The number of hydrogen-bond donors (Lipinski definition) is 3. The molecular formula is C5H9NO7S. The largest absolute Gasteiger partial charge is 0.479 e. The van der Waals surface area contributed by atoms with E-state index in [9.17, 15) is 18.0 Å². The highest BCUT2D eigenvalue weighted by Crippen LogP contribution is 2.05. The van der Waals surface area contributed by atoms with Crippen LogP contribution in [0.1, 0.15) is 12.8 Å². The summed E-state index contributed by atoms with van der Waals surface area (Å²) >= 11 is 0. The van der Waals surface area contributed by atoms with Gasteiger partial charge in [-0.3, -0.25) is 9.35 Å². The van der Waals surface area contributed by atoms with Crippen LogP contribution in [-0.2, 0) is 24.2 Å². The van der Waals surface area contributed by atoms with Crippen molar-refractivity contribution in [1.82, 2.24) is 0 Å². The molecule has 0 aromatic rings. The van der Waals surface area contributed by atoms with Crippen LogP contribution in [0.25, 0.3) is 0 Å². The summed E-state index contributed by atoms with van der Waals surface area (Å²) in [5.41, 5.74) is 4.71. The van der Waals surface area contributed by atoms with E-state index in [1.165, 1.54) is 0 Å². The van der Waals surface area contributed by atoms with Crippen molar-refractivity contribution < 1.29 is 31.8 Å². The summed E-state index contributed by atoms with van der Waals surface area (Å²) in [7, 11) is -4.85. The monoisotopic (exact) mass is 227 g/mol. The lowest BCUT2D eigenvalue weighted by atomic mass is 10.2. The van der Waals surface area contributed by atoms with Crippen molar-refractivity contribution in [2.75, 3.05) is 0 Å². The fourth-order valence-corrected chi connectivity index (χ4v) is 1.10. The average molecular weight is 227 g/mol. The van der Waals surface area contributed by atoms with Crippen LogP contribution in [0, 0.1) is 0 Å². The SMILES string of the molecule is NC(=O)CC[C@@H](OS(=O)(=O)O)C(=O)O. The standard InChI is InChI=1S/C5H9NO7S/c6-4(7)2-1-3(5(8)9)13-14(10,11)12/h3H,1-2H2,(H2,6,7)(H,8,9)(H,10,11,12)/t3-/m1/s1. The number of amides is 1. The van der Waals surface area contributed by atoms with Crippen molar-refractivity contribution in [1.29, 1.82) is 0 Å². The molecule has 0 aromatic heterocycles. The van der Waals surface area contributed by atoms with Crippen molar-refractivity contribution in [3.8, 4) is 0 Å². The predicted octanol–water partition coefficient (Wildman–Crippen LogP) is -1.48. The van der Waals surface area contributed by atoms with Crippen LogP contribution in [0.3, 0.4) is 0 Å². The van der Waals surface area contributed by atoms with Crippen molar-refractivity contribution in [3.05, 3.63) is 0 Å². The topological polar surface area (TPSA) is 144 Å². The van der Waals surface area contributed by atoms with E-state index < -0.39 is 34.8 Å². The van der Waals surface area contributed by atoms with Gasteiger partial charge in [0.2, 0.25) is 5.91 Å². The first-order valence-electron chi connectivity index (χ1n) is 3.39. The molecule has 0 aliphatic rings. The summed E-state index contributed by atoms with van der Waals surface area (Å²) in [6.45, 7) is 0. The molecule has 0 rings (SSSR count). The second-order valence-electron chi connectivity index (χ2n) is 2.36. The first-order chi connectivity index (χ1) is 6.22. The van der Waals surface area contributed by atoms with Crippen LogP contribution in [0.5, 0.6) is 0 Å². The molecule has 82 valence electrons. The number of rotatable bonds is 6. The van der Waals surface area contributed by atoms with Gasteiger partial charge < -0.3 is 10.8 Å². The Morgan fingerprint density at radius 2 is 1.93 bits per heavy atom. The molecular weight excluding hydrogens is 218 g/mol. The molecule has 0 radical (unpaired) electrons. The molecule has 0 fully saturated rings. The van der Waals surface area contributed by atoms with Gasteiger partial charge in [-0.05, 0) is 6.42 Å². The Hall–Kier alpha value is -1.19. The number of carbonyl (C=O) groups is 2. The van der Waals surface area contributed by atoms with E-state index in [1.54, 1.807) is 0 Å². The van der Waals surface area contributed by atoms with E-state index in [0.29, 0.717) is 0 Å². The molecule has 0 saturated heterocycles. The zero-order chi connectivity index (χ0) is 11.4. The summed E-state index contributed by atoms with van der Waals surface area (Å²) in [5, 5.41) is 8.40. The number of carbonyl (C=O) groups excluding carboxylic acids is 1. The van der Waals surface area contributed by atoms with Crippen LogP contribution >= 0.6 is 0 Å². The Bertz CT molecular complexity index is 321. The van der Waals surface area contributed by atoms with Crippen LogP contribution in [0.15, 0.2) is 0 Å². The molecule has 0 spiro atoms. The lowest BCUT2D eigenvalue weighted by Gasteiger charge is -2.08. The van der Waals surface area contributed by atoms with E-state index in [-0.39, 0.29) is 6.42 Å². The minimum atomic E-state index is -4.85. The quantitative estimate of drug-likeness (QED) is 0.469. The molecule has 14 heavy (non-hydrogen) atoms. The van der Waals surface area contributed by atoms with Crippen LogP contribution in [-0.4, -0.2) is 36.1 Å². The zero-order valence-corrected chi connectivity index (χ0v) is 7.73. The highest BCUT2D eigenvalue weighted by atomic mass is 32.3. The van der Waals surface area contributed by atoms with Gasteiger partial charge in [-0.15, -0.1) is 0 Å². The Kier molecular flexibility index (Phi) is 4.47. The van der Waals surface area contributed by atoms with Crippen molar-refractivity contribution in [3.63, 3.8) is 0 Å².